The van der Waals surface area contributed by atoms with E-state index in [1.165, 1.54) is 5.56 Å². The number of ether oxygens (including phenoxy) is 1. The Bertz CT molecular complexity index is 797. The molecule has 1 N–H and O–H groups in total. The summed E-state index contributed by atoms with van der Waals surface area (Å²) in [5.41, 5.74) is 2.24. The number of likely N-dealkylation sites (tertiary alicyclic amines) is 1. The molecule has 0 unspecified atom stereocenters. The summed E-state index contributed by atoms with van der Waals surface area (Å²) < 4.78 is 5.37. The third kappa shape index (κ3) is 6.28. The van der Waals surface area contributed by atoms with Crippen LogP contribution in [0.25, 0.3) is 0 Å². The third-order valence-electron chi connectivity index (χ3n) is 5.98. The molecule has 1 amide bonds. The molecule has 162 valence electrons. The van der Waals surface area contributed by atoms with Crippen molar-refractivity contribution in [2.75, 3.05) is 34.3 Å². The fraction of sp³-hybridized carbons (Fsp3) is 0.500. The van der Waals surface area contributed by atoms with E-state index in [9.17, 15) is 4.79 Å². The van der Waals surface area contributed by atoms with Gasteiger partial charge in [0, 0.05) is 50.1 Å². The van der Waals surface area contributed by atoms with Gasteiger partial charge in [-0.15, -0.1) is 0 Å². The van der Waals surface area contributed by atoms with Gasteiger partial charge in [-0.2, -0.15) is 0 Å². The van der Waals surface area contributed by atoms with Crippen LogP contribution in [-0.4, -0.2) is 61.0 Å². The van der Waals surface area contributed by atoms with Crippen LogP contribution in [0.3, 0.4) is 0 Å². The van der Waals surface area contributed by atoms with E-state index in [1.54, 1.807) is 7.11 Å². The van der Waals surface area contributed by atoms with Crippen molar-refractivity contribution >= 4 is 5.91 Å². The molecule has 0 radical (unpaired) electrons. The van der Waals surface area contributed by atoms with Crippen molar-refractivity contribution in [1.82, 2.24) is 20.1 Å². The predicted octanol–water partition coefficient (Wildman–Crippen LogP) is 2.94. The third-order valence-corrected chi connectivity index (χ3v) is 5.98. The summed E-state index contributed by atoms with van der Waals surface area (Å²) in [6.45, 7) is 3.51. The van der Waals surface area contributed by atoms with Crippen LogP contribution in [0.1, 0.15) is 30.4 Å². The highest BCUT2D eigenvalue weighted by Crippen LogP contribution is 2.26. The van der Waals surface area contributed by atoms with E-state index in [2.05, 4.69) is 40.3 Å². The SMILES string of the molecule is COc1ccccc1CNC(=O)CC[C@H]1CN(Cc2cccnc2)CC[C@H]1N(C)C. The Kier molecular flexibility index (Phi) is 8.22. The molecular formula is C24H34N4O2. The molecule has 1 saturated heterocycles. The van der Waals surface area contributed by atoms with Crippen molar-refractivity contribution < 1.29 is 9.53 Å². The Balaban J connectivity index is 1.52. The molecule has 6 nitrogen and oxygen atoms in total. The fourth-order valence-corrected chi connectivity index (χ4v) is 4.40. The Labute approximate surface area is 180 Å². The van der Waals surface area contributed by atoms with Gasteiger partial charge in [-0.25, -0.2) is 0 Å². The van der Waals surface area contributed by atoms with Crippen LogP contribution in [0, 0.1) is 5.92 Å². The van der Waals surface area contributed by atoms with Crippen LogP contribution in [0.5, 0.6) is 5.75 Å². The Morgan fingerprint density at radius 2 is 2.10 bits per heavy atom. The molecule has 1 aliphatic rings. The van der Waals surface area contributed by atoms with Crippen molar-refractivity contribution in [2.24, 2.45) is 5.92 Å². The standard InChI is InChI=1S/C24H34N4O2/c1-27(2)22-12-14-28(17-19-7-6-13-25-15-19)18-21(22)10-11-24(29)26-16-20-8-4-5-9-23(20)30-3/h4-9,13,15,21-22H,10-12,14,16-18H2,1-3H3,(H,26,29)/t21-,22+/m0/s1. The van der Waals surface area contributed by atoms with Crippen molar-refractivity contribution in [2.45, 2.75) is 38.4 Å². The first-order valence-electron chi connectivity index (χ1n) is 10.7. The maximum Gasteiger partial charge on any atom is 0.220 e. The first kappa shape index (κ1) is 22.2. The first-order chi connectivity index (χ1) is 14.6. The molecule has 1 aromatic heterocycles. The monoisotopic (exact) mass is 410 g/mol. The van der Waals surface area contributed by atoms with Gasteiger partial charge >= 0.3 is 0 Å². The zero-order valence-corrected chi connectivity index (χ0v) is 18.4. The van der Waals surface area contributed by atoms with Gasteiger partial charge in [0.05, 0.1) is 7.11 Å². The number of methoxy groups -OCH3 is 1. The maximum atomic E-state index is 12.5. The highest BCUT2D eigenvalue weighted by molar-refractivity contribution is 5.75. The summed E-state index contributed by atoms with van der Waals surface area (Å²) in [6.07, 6.45) is 6.32. The topological polar surface area (TPSA) is 57.7 Å². The number of rotatable bonds is 9. The number of pyridine rings is 1. The van der Waals surface area contributed by atoms with Gasteiger partial charge in [0.15, 0.2) is 0 Å². The zero-order chi connectivity index (χ0) is 21.3. The van der Waals surface area contributed by atoms with Gasteiger partial charge in [-0.3, -0.25) is 14.7 Å². The van der Waals surface area contributed by atoms with Crippen molar-refractivity contribution in [3.8, 4) is 5.75 Å². The molecule has 0 spiro atoms. The Morgan fingerprint density at radius 1 is 1.27 bits per heavy atom. The molecule has 0 saturated carbocycles. The largest absolute Gasteiger partial charge is 0.496 e. The van der Waals surface area contributed by atoms with Crippen LogP contribution in [0.15, 0.2) is 48.8 Å². The molecule has 0 aliphatic carbocycles. The summed E-state index contributed by atoms with van der Waals surface area (Å²) in [5, 5.41) is 3.05. The molecule has 30 heavy (non-hydrogen) atoms. The Hall–Kier alpha value is -2.44. The van der Waals surface area contributed by atoms with E-state index in [1.807, 2.05) is 42.7 Å². The van der Waals surface area contributed by atoms with Gasteiger partial charge in [0.25, 0.3) is 0 Å². The van der Waals surface area contributed by atoms with Crippen molar-refractivity contribution in [3.05, 3.63) is 59.9 Å². The average Bonchev–Trinajstić information content (AvgIpc) is 2.77. The minimum atomic E-state index is 0.0998. The lowest BCUT2D eigenvalue weighted by atomic mass is 9.87. The number of hydrogen-bond donors (Lipinski definition) is 1. The van der Waals surface area contributed by atoms with E-state index in [0.29, 0.717) is 24.9 Å². The minimum absolute atomic E-state index is 0.0998. The quantitative estimate of drug-likeness (QED) is 0.689. The van der Waals surface area contributed by atoms with Crippen LogP contribution < -0.4 is 10.1 Å². The molecule has 0 bridgehead atoms. The zero-order valence-electron chi connectivity index (χ0n) is 18.4. The van der Waals surface area contributed by atoms with E-state index < -0.39 is 0 Å². The highest BCUT2D eigenvalue weighted by Gasteiger charge is 2.30. The molecule has 2 aromatic rings. The number of para-hydroxylation sites is 1. The number of nitrogens with zero attached hydrogens (tertiary/aromatic N) is 3. The number of carbonyl (C=O) groups excluding carboxylic acids is 1. The number of benzene rings is 1. The predicted molar refractivity (Wildman–Crippen MR) is 119 cm³/mol. The Morgan fingerprint density at radius 3 is 2.83 bits per heavy atom. The number of hydrogen-bond acceptors (Lipinski definition) is 5. The number of amides is 1. The number of piperidine rings is 1. The summed E-state index contributed by atoms with van der Waals surface area (Å²) in [5.74, 6) is 1.38. The number of aromatic nitrogens is 1. The molecule has 1 fully saturated rings. The van der Waals surface area contributed by atoms with Crippen LogP contribution in [0.2, 0.25) is 0 Å². The molecule has 6 heteroatoms. The first-order valence-corrected chi connectivity index (χ1v) is 10.7. The van der Waals surface area contributed by atoms with Crippen molar-refractivity contribution in [3.63, 3.8) is 0 Å². The second-order valence-corrected chi connectivity index (χ2v) is 8.30. The van der Waals surface area contributed by atoms with E-state index in [0.717, 1.165) is 43.8 Å². The lowest BCUT2D eigenvalue weighted by molar-refractivity contribution is -0.121. The second-order valence-electron chi connectivity index (χ2n) is 8.30. The summed E-state index contributed by atoms with van der Waals surface area (Å²) >= 11 is 0. The van der Waals surface area contributed by atoms with E-state index >= 15 is 0 Å². The summed E-state index contributed by atoms with van der Waals surface area (Å²) in [7, 11) is 5.95. The normalized spacial score (nSPS) is 19.6. The van der Waals surface area contributed by atoms with Crippen LogP contribution in [-0.2, 0) is 17.9 Å². The molecule has 2 atom stereocenters. The molecule has 3 rings (SSSR count). The highest BCUT2D eigenvalue weighted by atomic mass is 16.5. The smallest absolute Gasteiger partial charge is 0.220 e. The molecule has 2 heterocycles. The van der Waals surface area contributed by atoms with Gasteiger partial charge in [-0.05, 0) is 57.1 Å². The van der Waals surface area contributed by atoms with Gasteiger partial charge < -0.3 is 15.0 Å². The minimum Gasteiger partial charge on any atom is -0.496 e. The van der Waals surface area contributed by atoms with Gasteiger partial charge in [0.1, 0.15) is 5.75 Å². The van der Waals surface area contributed by atoms with E-state index in [4.69, 9.17) is 4.74 Å². The average molecular weight is 411 g/mol. The van der Waals surface area contributed by atoms with Crippen LogP contribution in [0.4, 0.5) is 0 Å². The van der Waals surface area contributed by atoms with Gasteiger partial charge in [-0.1, -0.05) is 24.3 Å². The summed E-state index contributed by atoms with van der Waals surface area (Å²) in [6, 6.07) is 12.4. The summed E-state index contributed by atoms with van der Waals surface area (Å²) in [4.78, 5) is 21.6. The maximum absolute atomic E-state index is 12.5. The molecular weight excluding hydrogens is 376 g/mol. The second kappa shape index (κ2) is 11.1. The molecule has 1 aliphatic heterocycles. The van der Waals surface area contributed by atoms with Gasteiger partial charge in [0.2, 0.25) is 5.91 Å². The van der Waals surface area contributed by atoms with Crippen molar-refractivity contribution in [1.29, 1.82) is 0 Å². The number of carbonyl (C=O) groups is 1. The fourth-order valence-electron chi connectivity index (χ4n) is 4.40. The lowest BCUT2D eigenvalue weighted by Crippen LogP contribution is -2.48. The van der Waals surface area contributed by atoms with E-state index in [-0.39, 0.29) is 5.91 Å². The number of nitrogens with one attached hydrogen (secondary N) is 1. The molecule has 1 aromatic carbocycles. The van der Waals surface area contributed by atoms with Crippen LogP contribution >= 0.6 is 0 Å². The lowest BCUT2D eigenvalue weighted by Gasteiger charge is -2.41.